The molecule has 2 aromatic carbocycles. The standard InChI is InChI=1S/C18H21ClN6/c1-23(12-14-4-6-15(19)7-5-14)17-10-8-16(9-11-17)21-22-18-24(2)13-20-25(18)3/h4-11,13,18H,12H2,1-3H3. The molecule has 0 saturated heterocycles. The molecule has 0 N–H and O–H groups in total. The largest absolute Gasteiger partial charge is 0.370 e. The van der Waals surface area contributed by atoms with Crippen molar-refractivity contribution >= 4 is 29.3 Å². The molecule has 2 aromatic rings. The van der Waals surface area contributed by atoms with Gasteiger partial charge in [-0.15, -0.1) is 5.11 Å². The predicted molar refractivity (Wildman–Crippen MR) is 102 cm³/mol. The molecule has 0 fully saturated rings. The third-order valence-electron chi connectivity index (χ3n) is 4.01. The number of halogens is 1. The molecular formula is C18H21ClN6. The normalized spacial score (nSPS) is 16.9. The van der Waals surface area contributed by atoms with Crippen molar-refractivity contribution in [1.82, 2.24) is 9.91 Å². The van der Waals surface area contributed by atoms with Crippen molar-refractivity contribution in [2.75, 3.05) is 26.0 Å². The van der Waals surface area contributed by atoms with Gasteiger partial charge in [0.15, 0.2) is 0 Å². The predicted octanol–water partition coefficient (Wildman–Crippen LogP) is 4.16. The van der Waals surface area contributed by atoms with E-state index in [0.717, 1.165) is 22.9 Å². The van der Waals surface area contributed by atoms with Gasteiger partial charge in [0, 0.05) is 38.4 Å². The van der Waals surface area contributed by atoms with Crippen molar-refractivity contribution in [2.45, 2.75) is 12.8 Å². The fraction of sp³-hybridized carbons (Fsp3) is 0.278. The quantitative estimate of drug-likeness (QED) is 0.755. The molecule has 0 radical (unpaired) electrons. The Bertz CT molecular complexity index is 744. The molecular weight excluding hydrogens is 336 g/mol. The van der Waals surface area contributed by atoms with Crippen LogP contribution in [0.25, 0.3) is 0 Å². The molecule has 3 rings (SSSR count). The maximum absolute atomic E-state index is 5.93. The second-order valence-electron chi connectivity index (χ2n) is 6.03. The summed E-state index contributed by atoms with van der Waals surface area (Å²) >= 11 is 5.93. The fourth-order valence-corrected chi connectivity index (χ4v) is 2.67. The number of hydrogen-bond donors (Lipinski definition) is 0. The van der Waals surface area contributed by atoms with E-state index in [1.807, 2.05) is 67.5 Å². The minimum atomic E-state index is -0.188. The van der Waals surface area contributed by atoms with E-state index in [1.165, 1.54) is 5.56 Å². The zero-order chi connectivity index (χ0) is 17.8. The van der Waals surface area contributed by atoms with Gasteiger partial charge < -0.3 is 9.80 Å². The van der Waals surface area contributed by atoms with Gasteiger partial charge in [0.2, 0.25) is 6.29 Å². The van der Waals surface area contributed by atoms with Crippen molar-refractivity contribution in [3.8, 4) is 0 Å². The molecule has 25 heavy (non-hydrogen) atoms. The van der Waals surface area contributed by atoms with Crippen LogP contribution in [0.4, 0.5) is 11.4 Å². The van der Waals surface area contributed by atoms with E-state index < -0.39 is 0 Å². The number of hydrogen-bond acceptors (Lipinski definition) is 6. The molecule has 130 valence electrons. The SMILES string of the molecule is CN(Cc1ccc(Cl)cc1)c1ccc(N=NC2N(C)C=NN2C)cc1. The monoisotopic (exact) mass is 356 g/mol. The highest BCUT2D eigenvalue weighted by atomic mass is 35.5. The zero-order valence-corrected chi connectivity index (χ0v) is 15.3. The summed E-state index contributed by atoms with van der Waals surface area (Å²) in [4.78, 5) is 4.08. The lowest BCUT2D eigenvalue weighted by Crippen LogP contribution is -2.32. The van der Waals surface area contributed by atoms with Crippen molar-refractivity contribution in [1.29, 1.82) is 0 Å². The van der Waals surface area contributed by atoms with E-state index in [1.54, 1.807) is 11.3 Å². The second kappa shape index (κ2) is 7.53. The number of hydrazone groups is 1. The van der Waals surface area contributed by atoms with Gasteiger partial charge >= 0.3 is 0 Å². The van der Waals surface area contributed by atoms with Gasteiger partial charge in [-0.25, -0.2) is 0 Å². The van der Waals surface area contributed by atoms with Gasteiger partial charge in [-0.2, -0.15) is 10.2 Å². The van der Waals surface area contributed by atoms with Gasteiger partial charge in [0.1, 0.15) is 6.34 Å². The highest BCUT2D eigenvalue weighted by Crippen LogP contribution is 2.22. The Morgan fingerprint density at radius 3 is 2.36 bits per heavy atom. The minimum Gasteiger partial charge on any atom is -0.370 e. The lowest BCUT2D eigenvalue weighted by atomic mass is 10.2. The summed E-state index contributed by atoms with van der Waals surface area (Å²) in [6.07, 6.45) is 1.55. The van der Waals surface area contributed by atoms with Gasteiger partial charge in [-0.3, -0.25) is 5.01 Å². The number of azo groups is 1. The van der Waals surface area contributed by atoms with Crippen molar-refractivity contribution in [3.63, 3.8) is 0 Å². The fourth-order valence-electron chi connectivity index (χ4n) is 2.55. The Morgan fingerprint density at radius 2 is 1.76 bits per heavy atom. The van der Waals surface area contributed by atoms with Crippen LogP contribution in [-0.2, 0) is 6.54 Å². The van der Waals surface area contributed by atoms with E-state index in [0.29, 0.717) is 0 Å². The highest BCUT2D eigenvalue weighted by molar-refractivity contribution is 6.30. The first-order valence-corrected chi connectivity index (χ1v) is 8.36. The van der Waals surface area contributed by atoms with Gasteiger partial charge in [0.25, 0.3) is 0 Å². The molecule has 0 aliphatic carbocycles. The molecule has 7 heteroatoms. The lowest BCUT2D eigenvalue weighted by molar-refractivity contribution is 0.183. The molecule has 0 saturated carbocycles. The first-order chi connectivity index (χ1) is 12.0. The van der Waals surface area contributed by atoms with Crippen LogP contribution in [0.1, 0.15) is 5.56 Å². The van der Waals surface area contributed by atoms with Crippen LogP contribution in [0.3, 0.4) is 0 Å². The summed E-state index contributed by atoms with van der Waals surface area (Å²) in [5.41, 5.74) is 3.15. The van der Waals surface area contributed by atoms with Crippen LogP contribution < -0.4 is 4.90 Å². The molecule has 0 spiro atoms. The Labute approximate surface area is 153 Å². The van der Waals surface area contributed by atoms with E-state index in [2.05, 4.69) is 27.3 Å². The summed E-state index contributed by atoms with van der Waals surface area (Å²) in [5, 5.41) is 15.3. The van der Waals surface area contributed by atoms with Crippen LogP contribution in [0, 0.1) is 0 Å². The molecule has 1 aliphatic rings. The molecule has 1 heterocycles. The minimum absolute atomic E-state index is 0.188. The Hall–Kier alpha value is -2.60. The zero-order valence-electron chi connectivity index (χ0n) is 14.5. The van der Waals surface area contributed by atoms with Crippen LogP contribution in [0.5, 0.6) is 0 Å². The molecule has 6 nitrogen and oxygen atoms in total. The number of nitrogens with zero attached hydrogens (tertiary/aromatic N) is 6. The Balaban J connectivity index is 1.62. The first kappa shape index (κ1) is 17.2. The number of rotatable bonds is 5. The summed E-state index contributed by atoms with van der Waals surface area (Å²) in [6.45, 7) is 0.813. The van der Waals surface area contributed by atoms with E-state index in [9.17, 15) is 0 Å². The van der Waals surface area contributed by atoms with Gasteiger partial charge in [-0.05, 0) is 42.0 Å². The van der Waals surface area contributed by atoms with Crippen molar-refractivity contribution in [3.05, 3.63) is 59.1 Å². The average molecular weight is 357 g/mol. The summed E-state index contributed by atoms with van der Waals surface area (Å²) in [7, 11) is 5.86. The van der Waals surface area contributed by atoms with Crippen LogP contribution in [0.2, 0.25) is 5.02 Å². The number of anilines is 1. The van der Waals surface area contributed by atoms with E-state index in [-0.39, 0.29) is 6.29 Å². The Kier molecular flexibility index (Phi) is 5.19. The Morgan fingerprint density at radius 1 is 1.08 bits per heavy atom. The third kappa shape index (κ3) is 4.28. The molecule has 0 amide bonds. The topological polar surface area (TPSA) is 46.8 Å². The summed E-state index contributed by atoms with van der Waals surface area (Å²) in [5.74, 6) is 0. The first-order valence-electron chi connectivity index (χ1n) is 7.98. The van der Waals surface area contributed by atoms with E-state index >= 15 is 0 Å². The lowest BCUT2D eigenvalue weighted by Gasteiger charge is -2.20. The number of benzene rings is 2. The van der Waals surface area contributed by atoms with Gasteiger partial charge in [0.05, 0.1) is 5.69 Å². The molecule has 0 aromatic heterocycles. The van der Waals surface area contributed by atoms with Crippen LogP contribution in [0.15, 0.2) is 63.9 Å². The maximum Gasteiger partial charge on any atom is 0.233 e. The second-order valence-corrected chi connectivity index (χ2v) is 6.47. The van der Waals surface area contributed by atoms with Crippen molar-refractivity contribution < 1.29 is 0 Å². The molecule has 0 bridgehead atoms. The smallest absolute Gasteiger partial charge is 0.233 e. The summed E-state index contributed by atoms with van der Waals surface area (Å²) < 4.78 is 0. The van der Waals surface area contributed by atoms with Gasteiger partial charge in [-0.1, -0.05) is 23.7 Å². The molecule has 1 aliphatic heterocycles. The van der Waals surface area contributed by atoms with Crippen molar-refractivity contribution in [2.24, 2.45) is 15.3 Å². The van der Waals surface area contributed by atoms with E-state index in [4.69, 9.17) is 11.6 Å². The molecule has 1 unspecified atom stereocenters. The highest BCUT2D eigenvalue weighted by Gasteiger charge is 2.20. The summed E-state index contributed by atoms with van der Waals surface area (Å²) in [6, 6.07) is 15.9. The third-order valence-corrected chi connectivity index (χ3v) is 4.27. The maximum atomic E-state index is 5.93. The molecule has 1 atom stereocenters. The van der Waals surface area contributed by atoms with Crippen LogP contribution >= 0.6 is 11.6 Å². The van der Waals surface area contributed by atoms with Crippen LogP contribution in [-0.4, -0.2) is 43.7 Å². The average Bonchev–Trinajstić information content (AvgIpc) is 2.93.